The molecule has 1 saturated heterocycles. The zero-order valence-corrected chi connectivity index (χ0v) is 8.93. The van der Waals surface area contributed by atoms with Gasteiger partial charge in [0.2, 0.25) is 0 Å². The number of fused-ring (bicyclic) bond motifs is 4. The first-order valence-electron chi connectivity index (χ1n) is 5.26. The summed E-state index contributed by atoms with van der Waals surface area (Å²) in [6.07, 6.45) is 0.289. The summed E-state index contributed by atoms with van der Waals surface area (Å²) < 4.78 is 16.2. The van der Waals surface area contributed by atoms with Gasteiger partial charge in [0.05, 0.1) is 0 Å². The topological polar surface area (TPSA) is 60.7 Å². The van der Waals surface area contributed by atoms with Gasteiger partial charge in [0.25, 0.3) is 0 Å². The number of rotatable bonds is 0. The Morgan fingerprint density at radius 3 is 2.75 bits per heavy atom. The number of hydrogen-bond acceptors (Lipinski definition) is 5. The van der Waals surface area contributed by atoms with Crippen molar-refractivity contribution in [3.63, 3.8) is 0 Å². The van der Waals surface area contributed by atoms with Gasteiger partial charge in [0.15, 0.2) is 0 Å². The number of benzene rings is 1. The van der Waals surface area contributed by atoms with Crippen molar-refractivity contribution in [2.75, 3.05) is 0 Å². The smallest absolute Gasteiger partial charge is 0.138 e. The van der Waals surface area contributed by atoms with E-state index in [0.717, 1.165) is 16.8 Å². The van der Waals surface area contributed by atoms with Crippen LogP contribution in [0, 0.1) is 0 Å². The summed E-state index contributed by atoms with van der Waals surface area (Å²) in [5.74, 6) is 0.826. The Kier molecular flexibility index (Phi) is 1.27. The van der Waals surface area contributed by atoms with Crippen LogP contribution in [-0.2, 0) is 4.74 Å². The lowest BCUT2D eigenvalue weighted by Crippen LogP contribution is -2.37. The van der Waals surface area contributed by atoms with Gasteiger partial charge in [-0.2, -0.15) is 0 Å². The van der Waals surface area contributed by atoms with Crippen LogP contribution in [0.3, 0.4) is 0 Å². The first-order valence-corrected chi connectivity index (χ1v) is 5.26. The van der Waals surface area contributed by atoms with E-state index in [1.54, 1.807) is 0 Å². The van der Waals surface area contributed by atoms with Crippen LogP contribution in [0.4, 0.5) is 0 Å². The van der Waals surface area contributed by atoms with E-state index in [4.69, 9.17) is 9.47 Å². The van der Waals surface area contributed by atoms with Crippen LogP contribution >= 0.6 is 0 Å². The monoisotopic (exact) mass is 218 g/mol. The molecule has 3 heterocycles. The number of nitrogens with zero attached hydrogens (tertiary/aromatic N) is 2. The van der Waals surface area contributed by atoms with Gasteiger partial charge in [0, 0.05) is 11.6 Å². The van der Waals surface area contributed by atoms with Gasteiger partial charge in [-0.1, -0.05) is 0 Å². The lowest BCUT2D eigenvalue weighted by atomic mass is 9.94. The third-order valence-corrected chi connectivity index (χ3v) is 3.24. The van der Waals surface area contributed by atoms with Crippen LogP contribution in [0.25, 0.3) is 11.0 Å². The van der Waals surface area contributed by atoms with Gasteiger partial charge in [-0.3, -0.25) is 0 Å². The van der Waals surface area contributed by atoms with Crippen molar-refractivity contribution in [1.82, 2.24) is 10.3 Å². The zero-order chi connectivity index (χ0) is 10.9. The molecule has 5 nitrogen and oxygen atoms in total. The second-order valence-corrected chi connectivity index (χ2v) is 4.83. The largest absolute Gasteiger partial charge is 0.485 e. The lowest BCUT2D eigenvalue weighted by molar-refractivity contribution is 0.0727. The van der Waals surface area contributed by atoms with Crippen LogP contribution < -0.4 is 4.74 Å². The second-order valence-electron chi connectivity index (χ2n) is 4.83. The predicted molar refractivity (Wildman–Crippen MR) is 54.1 cm³/mol. The SMILES string of the molecule is CC1(C)Oc2cc3nonc3cc2C2OC21. The average Bonchev–Trinajstić information content (AvgIpc) is 2.91. The Labute approximate surface area is 91.3 Å². The van der Waals surface area contributed by atoms with Gasteiger partial charge in [-0.25, -0.2) is 4.63 Å². The van der Waals surface area contributed by atoms with Gasteiger partial charge in [-0.15, -0.1) is 0 Å². The molecule has 0 N–H and O–H groups in total. The molecule has 1 aromatic heterocycles. The van der Waals surface area contributed by atoms with Crippen molar-refractivity contribution >= 4 is 11.0 Å². The fourth-order valence-corrected chi connectivity index (χ4v) is 2.36. The van der Waals surface area contributed by atoms with Crippen LogP contribution in [0.1, 0.15) is 25.5 Å². The van der Waals surface area contributed by atoms with E-state index < -0.39 is 0 Å². The Morgan fingerprint density at radius 2 is 1.94 bits per heavy atom. The molecule has 4 rings (SSSR count). The highest BCUT2D eigenvalue weighted by molar-refractivity contribution is 5.77. The zero-order valence-electron chi connectivity index (χ0n) is 8.93. The summed E-state index contributed by atoms with van der Waals surface area (Å²) in [6.45, 7) is 4.07. The normalized spacial score (nSPS) is 29.4. The minimum Gasteiger partial charge on any atom is -0.485 e. The molecule has 0 aliphatic carbocycles. The molecular formula is C11H10N2O3. The fraction of sp³-hybridized carbons (Fsp3) is 0.455. The average molecular weight is 218 g/mol. The minimum atomic E-state index is -0.275. The van der Waals surface area contributed by atoms with E-state index in [-0.39, 0.29) is 17.8 Å². The van der Waals surface area contributed by atoms with E-state index in [1.807, 2.05) is 26.0 Å². The molecule has 2 aliphatic rings. The summed E-state index contributed by atoms with van der Waals surface area (Å²) in [5, 5.41) is 7.63. The highest BCUT2D eigenvalue weighted by atomic mass is 16.6. The minimum absolute atomic E-state index is 0.139. The van der Waals surface area contributed by atoms with E-state index in [2.05, 4.69) is 14.9 Å². The van der Waals surface area contributed by atoms with Crippen molar-refractivity contribution < 1.29 is 14.1 Å². The summed E-state index contributed by atoms with van der Waals surface area (Å²) in [5.41, 5.74) is 2.24. The molecular weight excluding hydrogens is 208 g/mol. The summed E-state index contributed by atoms with van der Waals surface area (Å²) in [7, 11) is 0. The Balaban J connectivity index is 1.96. The molecule has 2 aromatic rings. The quantitative estimate of drug-likeness (QED) is 0.631. The van der Waals surface area contributed by atoms with Crippen LogP contribution in [0.15, 0.2) is 16.8 Å². The predicted octanol–water partition coefficient (Wildman–Crippen LogP) is 1.83. The molecule has 2 aliphatic heterocycles. The number of aromatic nitrogens is 2. The molecule has 0 amide bonds. The van der Waals surface area contributed by atoms with Crippen LogP contribution in [0.5, 0.6) is 5.75 Å². The molecule has 0 spiro atoms. The Hall–Kier alpha value is -1.62. The van der Waals surface area contributed by atoms with Crippen molar-refractivity contribution in [2.24, 2.45) is 0 Å². The molecule has 0 bridgehead atoms. The standard InChI is InChI=1S/C11H10N2O3/c1-11(2)10-9(14-10)5-3-6-7(13-16-12-6)4-8(5)15-11/h3-4,9-10H,1-2H3. The third-order valence-electron chi connectivity index (χ3n) is 3.24. The summed E-state index contributed by atoms with van der Waals surface area (Å²) in [4.78, 5) is 0. The highest BCUT2D eigenvalue weighted by Crippen LogP contribution is 2.54. The van der Waals surface area contributed by atoms with Crippen LogP contribution in [-0.4, -0.2) is 22.0 Å². The maximum absolute atomic E-state index is 5.92. The first-order chi connectivity index (χ1) is 7.65. The maximum atomic E-state index is 5.92. The van der Waals surface area contributed by atoms with E-state index >= 15 is 0 Å². The molecule has 1 aromatic carbocycles. The van der Waals surface area contributed by atoms with E-state index in [9.17, 15) is 0 Å². The molecule has 2 atom stereocenters. The molecule has 16 heavy (non-hydrogen) atoms. The summed E-state index contributed by atoms with van der Waals surface area (Å²) in [6, 6.07) is 3.79. The van der Waals surface area contributed by atoms with Gasteiger partial charge in [-0.05, 0) is 30.2 Å². The van der Waals surface area contributed by atoms with Gasteiger partial charge >= 0.3 is 0 Å². The molecule has 0 radical (unpaired) electrons. The third kappa shape index (κ3) is 0.936. The number of ether oxygens (including phenoxy) is 2. The second kappa shape index (κ2) is 2.38. The molecule has 5 heteroatoms. The summed E-state index contributed by atoms with van der Waals surface area (Å²) >= 11 is 0. The molecule has 0 saturated carbocycles. The van der Waals surface area contributed by atoms with Crippen molar-refractivity contribution in [2.45, 2.75) is 31.7 Å². The maximum Gasteiger partial charge on any atom is 0.138 e. The van der Waals surface area contributed by atoms with Crippen molar-refractivity contribution in [3.8, 4) is 5.75 Å². The molecule has 1 fully saturated rings. The van der Waals surface area contributed by atoms with Gasteiger partial charge in [0.1, 0.15) is 34.6 Å². The van der Waals surface area contributed by atoms with Crippen LogP contribution in [0.2, 0.25) is 0 Å². The Bertz CT molecular complexity index is 590. The molecule has 82 valence electrons. The van der Waals surface area contributed by atoms with E-state index in [1.165, 1.54) is 0 Å². The number of epoxide rings is 1. The van der Waals surface area contributed by atoms with Crippen molar-refractivity contribution in [3.05, 3.63) is 17.7 Å². The first kappa shape index (κ1) is 8.52. The fourth-order valence-electron chi connectivity index (χ4n) is 2.36. The highest BCUT2D eigenvalue weighted by Gasteiger charge is 2.56. The Morgan fingerprint density at radius 1 is 1.19 bits per heavy atom. The van der Waals surface area contributed by atoms with Gasteiger partial charge < -0.3 is 9.47 Å². The molecule has 2 unspecified atom stereocenters. The lowest BCUT2D eigenvalue weighted by Gasteiger charge is -2.29. The number of hydrogen-bond donors (Lipinski definition) is 0. The van der Waals surface area contributed by atoms with Crippen molar-refractivity contribution in [1.29, 1.82) is 0 Å². The van der Waals surface area contributed by atoms with E-state index in [0.29, 0.717) is 5.52 Å².